The standard InChI is InChI=1S/C10H24N2O2/c1-9(2)14-7-5-12(3)8-10(11)4-6-13/h9-10,13H,4-8,11H2,1-3H3. The van der Waals surface area contributed by atoms with Crippen LogP contribution in [0, 0.1) is 0 Å². The van der Waals surface area contributed by atoms with Crippen molar-refractivity contribution >= 4 is 0 Å². The summed E-state index contributed by atoms with van der Waals surface area (Å²) < 4.78 is 5.42. The highest BCUT2D eigenvalue weighted by atomic mass is 16.5. The summed E-state index contributed by atoms with van der Waals surface area (Å²) in [7, 11) is 2.01. The average Bonchev–Trinajstić information content (AvgIpc) is 2.03. The number of aliphatic hydroxyl groups is 1. The van der Waals surface area contributed by atoms with Gasteiger partial charge >= 0.3 is 0 Å². The zero-order valence-electron chi connectivity index (χ0n) is 9.57. The minimum Gasteiger partial charge on any atom is -0.396 e. The molecule has 4 nitrogen and oxygen atoms in total. The summed E-state index contributed by atoms with van der Waals surface area (Å²) in [4.78, 5) is 2.13. The van der Waals surface area contributed by atoms with Crippen molar-refractivity contribution in [2.75, 3.05) is 33.4 Å². The number of hydrogen-bond acceptors (Lipinski definition) is 4. The molecule has 4 heteroatoms. The topological polar surface area (TPSA) is 58.7 Å². The Morgan fingerprint density at radius 2 is 2.07 bits per heavy atom. The Kier molecular flexibility index (Phi) is 8.08. The van der Waals surface area contributed by atoms with Gasteiger partial charge in [0.15, 0.2) is 0 Å². The third kappa shape index (κ3) is 8.44. The molecule has 0 radical (unpaired) electrons. The summed E-state index contributed by atoms with van der Waals surface area (Å²) in [5.74, 6) is 0. The molecule has 0 aliphatic carbocycles. The maximum Gasteiger partial charge on any atom is 0.0596 e. The molecule has 0 rings (SSSR count). The number of nitrogens with zero attached hydrogens (tertiary/aromatic N) is 1. The fourth-order valence-electron chi connectivity index (χ4n) is 1.19. The lowest BCUT2D eigenvalue weighted by atomic mass is 10.2. The molecular formula is C10H24N2O2. The van der Waals surface area contributed by atoms with Crippen LogP contribution in [0.4, 0.5) is 0 Å². The Labute approximate surface area is 87.0 Å². The maximum absolute atomic E-state index is 8.68. The fourth-order valence-corrected chi connectivity index (χ4v) is 1.19. The molecule has 0 spiro atoms. The van der Waals surface area contributed by atoms with E-state index in [4.69, 9.17) is 15.6 Å². The predicted molar refractivity (Wildman–Crippen MR) is 58.3 cm³/mol. The second-order valence-electron chi connectivity index (χ2n) is 3.95. The van der Waals surface area contributed by atoms with E-state index in [-0.39, 0.29) is 18.8 Å². The summed E-state index contributed by atoms with van der Waals surface area (Å²) in [6.07, 6.45) is 0.949. The van der Waals surface area contributed by atoms with E-state index in [2.05, 4.69) is 4.90 Å². The number of likely N-dealkylation sites (N-methyl/N-ethyl adjacent to an activating group) is 1. The second kappa shape index (κ2) is 8.17. The van der Waals surface area contributed by atoms with Gasteiger partial charge in [-0.1, -0.05) is 0 Å². The van der Waals surface area contributed by atoms with Gasteiger partial charge in [0.05, 0.1) is 12.7 Å². The highest BCUT2D eigenvalue weighted by Crippen LogP contribution is 1.93. The van der Waals surface area contributed by atoms with Crippen LogP contribution in [0.2, 0.25) is 0 Å². The van der Waals surface area contributed by atoms with Crippen molar-refractivity contribution in [1.82, 2.24) is 4.90 Å². The van der Waals surface area contributed by atoms with Crippen LogP contribution in [0.25, 0.3) is 0 Å². The first-order valence-electron chi connectivity index (χ1n) is 5.22. The Balaban J connectivity index is 3.39. The molecule has 86 valence electrons. The highest BCUT2D eigenvalue weighted by molar-refractivity contribution is 4.65. The number of hydrogen-bond donors (Lipinski definition) is 2. The molecular weight excluding hydrogens is 180 g/mol. The molecule has 0 heterocycles. The molecule has 0 bridgehead atoms. The predicted octanol–water partition coefficient (Wildman–Crippen LogP) is 0.0529. The summed E-state index contributed by atoms with van der Waals surface area (Å²) in [6, 6.07) is 0.0593. The van der Waals surface area contributed by atoms with Crippen molar-refractivity contribution < 1.29 is 9.84 Å². The van der Waals surface area contributed by atoms with Crippen LogP contribution in [0.15, 0.2) is 0 Å². The zero-order chi connectivity index (χ0) is 11.0. The molecule has 14 heavy (non-hydrogen) atoms. The number of ether oxygens (including phenoxy) is 1. The number of nitrogens with two attached hydrogens (primary N) is 1. The first kappa shape index (κ1) is 13.8. The van der Waals surface area contributed by atoms with Gasteiger partial charge in [-0.2, -0.15) is 0 Å². The molecule has 1 atom stereocenters. The summed E-state index contributed by atoms with van der Waals surface area (Å²) in [5.41, 5.74) is 5.77. The minimum atomic E-state index is 0.0593. The molecule has 0 aromatic heterocycles. The maximum atomic E-state index is 8.68. The van der Waals surface area contributed by atoms with Gasteiger partial charge in [0, 0.05) is 25.7 Å². The number of aliphatic hydroxyl groups excluding tert-OH is 1. The summed E-state index contributed by atoms with van der Waals surface area (Å²) in [5, 5.41) is 8.68. The normalized spacial score (nSPS) is 13.9. The lowest BCUT2D eigenvalue weighted by Gasteiger charge is -2.21. The Morgan fingerprint density at radius 3 is 2.57 bits per heavy atom. The molecule has 1 unspecified atom stereocenters. The smallest absolute Gasteiger partial charge is 0.0596 e. The number of rotatable bonds is 8. The molecule has 0 fully saturated rings. The minimum absolute atomic E-state index is 0.0593. The first-order chi connectivity index (χ1) is 6.56. The zero-order valence-corrected chi connectivity index (χ0v) is 9.57. The van der Waals surface area contributed by atoms with Crippen LogP contribution >= 0.6 is 0 Å². The molecule has 0 aromatic rings. The molecule has 0 amide bonds. The third-order valence-corrected chi connectivity index (χ3v) is 1.97. The highest BCUT2D eigenvalue weighted by Gasteiger charge is 2.06. The quantitative estimate of drug-likeness (QED) is 0.587. The van der Waals surface area contributed by atoms with E-state index in [0.717, 1.165) is 19.7 Å². The van der Waals surface area contributed by atoms with Crippen LogP contribution in [-0.2, 0) is 4.74 Å². The van der Waals surface area contributed by atoms with Crippen molar-refractivity contribution in [1.29, 1.82) is 0 Å². The SMILES string of the molecule is CC(C)OCCN(C)CC(N)CCO. The van der Waals surface area contributed by atoms with Crippen LogP contribution in [0.1, 0.15) is 20.3 Å². The van der Waals surface area contributed by atoms with Gasteiger partial charge in [-0.3, -0.25) is 0 Å². The van der Waals surface area contributed by atoms with E-state index in [1.807, 2.05) is 20.9 Å². The van der Waals surface area contributed by atoms with Gasteiger partial charge in [-0.05, 0) is 27.3 Å². The molecule has 0 saturated heterocycles. The summed E-state index contributed by atoms with van der Waals surface area (Å²) >= 11 is 0. The molecule has 0 aliphatic rings. The van der Waals surface area contributed by atoms with E-state index in [0.29, 0.717) is 6.42 Å². The van der Waals surface area contributed by atoms with Crippen LogP contribution in [-0.4, -0.2) is 55.5 Å². The van der Waals surface area contributed by atoms with Gasteiger partial charge in [0.25, 0.3) is 0 Å². The fraction of sp³-hybridized carbons (Fsp3) is 1.00. The van der Waals surface area contributed by atoms with Gasteiger partial charge in [0.2, 0.25) is 0 Å². The summed E-state index contributed by atoms with van der Waals surface area (Å²) in [6.45, 7) is 6.64. The first-order valence-corrected chi connectivity index (χ1v) is 5.22. The van der Waals surface area contributed by atoms with Crippen LogP contribution in [0.5, 0.6) is 0 Å². The Morgan fingerprint density at radius 1 is 1.43 bits per heavy atom. The van der Waals surface area contributed by atoms with E-state index in [1.54, 1.807) is 0 Å². The van der Waals surface area contributed by atoms with E-state index >= 15 is 0 Å². The van der Waals surface area contributed by atoms with Gasteiger partial charge in [-0.15, -0.1) is 0 Å². The van der Waals surface area contributed by atoms with Gasteiger partial charge in [-0.25, -0.2) is 0 Å². The van der Waals surface area contributed by atoms with E-state index < -0.39 is 0 Å². The lowest BCUT2D eigenvalue weighted by molar-refractivity contribution is 0.0625. The molecule has 3 N–H and O–H groups in total. The molecule has 0 aliphatic heterocycles. The van der Waals surface area contributed by atoms with E-state index in [9.17, 15) is 0 Å². The van der Waals surface area contributed by atoms with Crippen molar-refractivity contribution in [3.8, 4) is 0 Å². The van der Waals surface area contributed by atoms with Crippen molar-refractivity contribution in [2.24, 2.45) is 5.73 Å². The van der Waals surface area contributed by atoms with Crippen molar-refractivity contribution in [3.63, 3.8) is 0 Å². The molecule has 0 saturated carbocycles. The van der Waals surface area contributed by atoms with E-state index in [1.165, 1.54) is 0 Å². The van der Waals surface area contributed by atoms with Gasteiger partial charge < -0.3 is 20.5 Å². The van der Waals surface area contributed by atoms with Crippen LogP contribution in [0.3, 0.4) is 0 Å². The van der Waals surface area contributed by atoms with Crippen molar-refractivity contribution in [3.05, 3.63) is 0 Å². The van der Waals surface area contributed by atoms with Crippen molar-refractivity contribution in [2.45, 2.75) is 32.4 Å². The van der Waals surface area contributed by atoms with Crippen LogP contribution < -0.4 is 5.73 Å². The third-order valence-electron chi connectivity index (χ3n) is 1.97. The lowest BCUT2D eigenvalue weighted by Crippen LogP contribution is -2.37. The van der Waals surface area contributed by atoms with Gasteiger partial charge in [0.1, 0.15) is 0 Å². The Hall–Kier alpha value is -0.160. The monoisotopic (exact) mass is 204 g/mol. The average molecular weight is 204 g/mol. The largest absolute Gasteiger partial charge is 0.396 e. The second-order valence-corrected chi connectivity index (χ2v) is 3.95. The Bertz CT molecular complexity index is 131. The molecule has 0 aromatic carbocycles.